The summed E-state index contributed by atoms with van der Waals surface area (Å²) in [6, 6.07) is 2.06. The van der Waals surface area contributed by atoms with Crippen LogP contribution >= 0.6 is 0 Å². The second kappa shape index (κ2) is 6.78. The summed E-state index contributed by atoms with van der Waals surface area (Å²) in [5, 5.41) is 11.8. The van der Waals surface area contributed by atoms with Gasteiger partial charge >= 0.3 is 0 Å². The lowest BCUT2D eigenvalue weighted by Crippen LogP contribution is -2.41. The van der Waals surface area contributed by atoms with Crippen LogP contribution in [-0.4, -0.2) is 12.5 Å². The van der Waals surface area contributed by atoms with E-state index in [1.165, 1.54) is 32.1 Å². The third-order valence-electron chi connectivity index (χ3n) is 4.31. The van der Waals surface area contributed by atoms with Crippen molar-refractivity contribution in [3.05, 3.63) is 0 Å². The van der Waals surface area contributed by atoms with Crippen LogP contribution < -0.4 is 5.32 Å². The van der Waals surface area contributed by atoms with E-state index in [-0.39, 0.29) is 11.3 Å². The third-order valence-corrected chi connectivity index (χ3v) is 4.31. The minimum atomic E-state index is -0.493. The Kier molecular flexibility index (Phi) is 5.65. The number of carbonyl (C=O) groups is 1. The molecule has 3 heteroatoms. The molecule has 1 rings (SSSR count). The summed E-state index contributed by atoms with van der Waals surface area (Å²) in [6.07, 6.45) is 7.13. The van der Waals surface area contributed by atoms with Crippen molar-refractivity contribution in [3.63, 3.8) is 0 Å². The van der Waals surface area contributed by atoms with E-state index in [1.807, 2.05) is 6.92 Å². The quantitative estimate of drug-likeness (QED) is 0.814. The molecular formula is C15H26N2O. The van der Waals surface area contributed by atoms with Gasteiger partial charge < -0.3 is 5.32 Å². The van der Waals surface area contributed by atoms with Crippen LogP contribution in [0.5, 0.6) is 0 Å². The summed E-state index contributed by atoms with van der Waals surface area (Å²) in [7, 11) is 0. The van der Waals surface area contributed by atoms with E-state index in [0.717, 1.165) is 0 Å². The van der Waals surface area contributed by atoms with Crippen molar-refractivity contribution in [2.45, 2.75) is 59.3 Å². The van der Waals surface area contributed by atoms with Crippen molar-refractivity contribution in [2.75, 3.05) is 6.54 Å². The van der Waals surface area contributed by atoms with Crippen molar-refractivity contribution in [2.24, 2.45) is 17.3 Å². The second-order valence-corrected chi connectivity index (χ2v) is 6.13. The average Bonchev–Trinajstić information content (AvgIpc) is 2.39. The highest BCUT2D eigenvalue weighted by Crippen LogP contribution is 2.37. The van der Waals surface area contributed by atoms with Gasteiger partial charge in [-0.1, -0.05) is 40.0 Å². The summed E-state index contributed by atoms with van der Waals surface area (Å²) < 4.78 is 0. The van der Waals surface area contributed by atoms with Gasteiger partial charge in [0, 0.05) is 6.54 Å². The molecule has 1 N–H and O–H groups in total. The molecule has 0 radical (unpaired) electrons. The second-order valence-electron chi connectivity index (χ2n) is 6.13. The Bertz CT molecular complexity index is 311. The van der Waals surface area contributed by atoms with E-state index >= 15 is 0 Å². The van der Waals surface area contributed by atoms with Gasteiger partial charge in [-0.3, -0.25) is 4.79 Å². The molecule has 0 aromatic heterocycles. The first kappa shape index (κ1) is 15.0. The number of amides is 1. The van der Waals surface area contributed by atoms with Crippen LogP contribution in [-0.2, 0) is 4.79 Å². The smallest absolute Gasteiger partial charge is 0.237 e. The Morgan fingerprint density at radius 3 is 2.50 bits per heavy atom. The lowest BCUT2D eigenvalue weighted by Gasteiger charge is -2.37. The number of rotatable bonds is 5. The highest BCUT2D eigenvalue weighted by atomic mass is 16.1. The molecule has 1 fully saturated rings. The Balaban J connectivity index is 2.45. The SMILES string of the molecule is CCC(C#N)C(=O)NCC(C)(C)C1CCCCC1. The highest BCUT2D eigenvalue weighted by Gasteiger charge is 2.31. The predicted molar refractivity (Wildman–Crippen MR) is 72.8 cm³/mol. The van der Waals surface area contributed by atoms with E-state index in [1.54, 1.807) is 0 Å². The van der Waals surface area contributed by atoms with Crippen LogP contribution in [0.2, 0.25) is 0 Å². The summed E-state index contributed by atoms with van der Waals surface area (Å²) in [5.74, 6) is 0.102. The van der Waals surface area contributed by atoms with Gasteiger partial charge in [0.25, 0.3) is 0 Å². The Morgan fingerprint density at radius 1 is 1.39 bits per heavy atom. The van der Waals surface area contributed by atoms with Gasteiger partial charge in [-0.2, -0.15) is 5.26 Å². The largest absolute Gasteiger partial charge is 0.354 e. The van der Waals surface area contributed by atoms with E-state index in [2.05, 4.69) is 25.2 Å². The molecule has 18 heavy (non-hydrogen) atoms. The molecule has 0 heterocycles. The fraction of sp³-hybridized carbons (Fsp3) is 0.867. The van der Waals surface area contributed by atoms with E-state index in [4.69, 9.17) is 5.26 Å². The van der Waals surface area contributed by atoms with Crippen LogP contribution in [0.25, 0.3) is 0 Å². The first-order valence-electron chi connectivity index (χ1n) is 7.18. The third kappa shape index (κ3) is 4.01. The Morgan fingerprint density at radius 2 is 2.00 bits per heavy atom. The molecule has 1 amide bonds. The monoisotopic (exact) mass is 250 g/mol. The van der Waals surface area contributed by atoms with Crippen molar-refractivity contribution >= 4 is 5.91 Å². The number of nitrogens with zero attached hydrogens (tertiary/aromatic N) is 1. The van der Waals surface area contributed by atoms with Crippen molar-refractivity contribution in [1.29, 1.82) is 5.26 Å². The summed E-state index contributed by atoms with van der Waals surface area (Å²) in [4.78, 5) is 11.8. The van der Waals surface area contributed by atoms with Gasteiger partial charge in [-0.15, -0.1) is 0 Å². The lowest BCUT2D eigenvalue weighted by atomic mass is 9.71. The van der Waals surface area contributed by atoms with Crippen LogP contribution in [0.4, 0.5) is 0 Å². The standard InChI is InChI=1S/C15H26N2O/c1-4-12(10-16)14(18)17-11-15(2,3)13-8-6-5-7-9-13/h12-13H,4-9,11H2,1-3H3,(H,17,18). The van der Waals surface area contributed by atoms with Gasteiger partial charge in [-0.05, 0) is 30.6 Å². The van der Waals surface area contributed by atoms with Gasteiger partial charge in [-0.25, -0.2) is 0 Å². The fourth-order valence-electron chi connectivity index (χ4n) is 2.80. The molecule has 1 saturated carbocycles. The predicted octanol–water partition coefficient (Wildman–Crippen LogP) is 3.26. The van der Waals surface area contributed by atoms with Crippen molar-refractivity contribution in [3.8, 4) is 6.07 Å². The van der Waals surface area contributed by atoms with Crippen LogP contribution in [0.1, 0.15) is 59.3 Å². The summed E-state index contributed by atoms with van der Waals surface area (Å²) in [5.41, 5.74) is 0.143. The molecule has 1 aliphatic rings. The van der Waals surface area contributed by atoms with E-state index < -0.39 is 5.92 Å². The van der Waals surface area contributed by atoms with Gasteiger partial charge in [0.05, 0.1) is 6.07 Å². The van der Waals surface area contributed by atoms with Gasteiger partial charge in [0.2, 0.25) is 5.91 Å². The highest BCUT2D eigenvalue weighted by molar-refractivity contribution is 5.80. The molecule has 1 aliphatic carbocycles. The lowest BCUT2D eigenvalue weighted by molar-refractivity contribution is -0.124. The number of nitriles is 1. The van der Waals surface area contributed by atoms with Crippen molar-refractivity contribution < 1.29 is 4.79 Å². The normalized spacial score (nSPS) is 19.0. The first-order valence-corrected chi connectivity index (χ1v) is 7.18. The average molecular weight is 250 g/mol. The zero-order chi connectivity index (χ0) is 13.6. The fourth-order valence-corrected chi connectivity index (χ4v) is 2.80. The van der Waals surface area contributed by atoms with E-state index in [9.17, 15) is 4.79 Å². The Hall–Kier alpha value is -1.04. The molecule has 1 unspecified atom stereocenters. The summed E-state index contributed by atoms with van der Waals surface area (Å²) in [6.45, 7) is 7.03. The molecule has 0 aromatic rings. The van der Waals surface area contributed by atoms with Gasteiger partial charge in [0.1, 0.15) is 5.92 Å². The molecule has 102 valence electrons. The number of hydrogen-bond acceptors (Lipinski definition) is 2. The van der Waals surface area contributed by atoms with Crippen LogP contribution in [0.15, 0.2) is 0 Å². The number of hydrogen-bond donors (Lipinski definition) is 1. The molecule has 0 aliphatic heterocycles. The maximum absolute atomic E-state index is 11.8. The van der Waals surface area contributed by atoms with Crippen LogP contribution in [0.3, 0.4) is 0 Å². The maximum Gasteiger partial charge on any atom is 0.237 e. The molecule has 1 atom stereocenters. The number of nitrogens with one attached hydrogen (secondary N) is 1. The molecular weight excluding hydrogens is 224 g/mol. The molecule has 0 spiro atoms. The van der Waals surface area contributed by atoms with E-state index in [0.29, 0.717) is 18.9 Å². The molecule has 3 nitrogen and oxygen atoms in total. The van der Waals surface area contributed by atoms with Crippen molar-refractivity contribution in [1.82, 2.24) is 5.32 Å². The molecule has 0 aromatic carbocycles. The Labute approximate surface area is 111 Å². The summed E-state index contributed by atoms with van der Waals surface area (Å²) >= 11 is 0. The van der Waals surface area contributed by atoms with Gasteiger partial charge in [0.15, 0.2) is 0 Å². The minimum Gasteiger partial charge on any atom is -0.354 e. The topological polar surface area (TPSA) is 52.9 Å². The number of carbonyl (C=O) groups excluding carboxylic acids is 1. The maximum atomic E-state index is 11.8. The zero-order valence-electron chi connectivity index (χ0n) is 12.0. The first-order chi connectivity index (χ1) is 8.51. The molecule has 0 bridgehead atoms. The molecule has 0 saturated heterocycles. The van der Waals surface area contributed by atoms with Crippen LogP contribution in [0, 0.1) is 28.6 Å². The zero-order valence-corrected chi connectivity index (χ0v) is 12.0. The minimum absolute atomic E-state index is 0.108.